The fourth-order valence-corrected chi connectivity index (χ4v) is 1.54. The monoisotopic (exact) mass is 279 g/mol. The van der Waals surface area contributed by atoms with Crippen molar-refractivity contribution in [2.24, 2.45) is 0 Å². The van der Waals surface area contributed by atoms with Gasteiger partial charge >= 0.3 is 12.1 Å². The molecule has 0 aliphatic carbocycles. The second-order valence-corrected chi connectivity index (χ2v) is 5.21. The molecule has 0 amide bonds. The molecule has 0 spiro atoms. The molecule has 5 nitrogen and oxygen atoms in total. The summed E-state index contributed by atoms with van der Waals surface area (Å²) in [6, 6.07) is 3.57. The molecule has 1 aromatic heterocycles. The molecule has 1 rings (SSSR count). The van der Waals surface area contributed by atoms with Crippen molar-refractivity contribution >= 4 is 12.1 Å². The van der Waals surface area contributed by atoms with Gasteiger partial charge in [-0.05, 0) is 39.8 Å². The van der Waals surface area contributed by atoms with Crippen molar-refractivity contribution in [3.05, 3.63) is 36.2 Å². The quantitative estimate of drug-likeness (QED) is 0.628. The van der Waals surface area contributed by atoms with Crippen LogP contribution in [0.1, 0.15) is 33.4 Å². The Balaban J connectivity index is 2.68. The van der Waals surface area contributed by atoms with E-state index in [2.05, 4.69) is 0 Å². The summed E-state index contributed by atoms with van der Waals surface area (Å²) in [4.78, 5) is 23.1. The zero-order valence-electron chi connectivity index (χ0n) is 12.4. The van der Waals surface area contributed by atoms with E-state index in [1.807, 2.05) is 20.8 Å². The lowest BCUT2D eigenvalue weighted by Crippen LogP contribution is -2.27. The number of hydrogen-bond acceptors (Lipinski definition) is 4. The predicted molar refractivity (Wildman–Crippen MR) is 75.5 cm³/mol. The van der Waals surface area contributed by atoms with E-state index in [0.29, 0.717) is 13.0 Å². The Labute approximate surface area is 119 Å². The van der Waals surface area contributed by atoms with Gasteiger partial charge in [0.05, 0.1) is 6.61 Å². The van der Waals surface area contributed by atoms with Crippen molar-refractivity contribution in [2.75, 3.05) is 6.61 Å². The van der Waals surface area contributed by atoms with E-state index < -0.39 is 11.7 Å². The minimum atomic E-state index is -0.542. The fraction of sp³-hybridized carbons (Fsp3) is 0.467. The molecule has 0 N–H and O–H groups in total. The van der Waals surface area contributed by atoms with Crippen LogP contribution >= 0.6 is 0 Å². The molecule has 0 saturated heterocycles. The molecule has 0 aliphatic heterocycles. The molecule has 0 aromatic carbocycles. The number of carbonyl (C=O) groups excluding carboxylic acids is 2. The summed E-state index contributed by atoms with van der Waals surface area (Å²) in [5.41, 5.74) is 0.208. The molecular formula is C15H21NO4. The largest absolute Gasteiger partial charge is 0.463 e. The lowest BCUT2D eigenvalue weighted by molar-refractivity contribution is -0.137. The van der Waals surface area contributed by atoms with Gasteiger partial charge in [-0.25, -0.2) is 9.59 Å². The first-order valence-corrected chi connectivity index (χ1v) is 6.56. The lowest BCUT2D eigenvalue weighted by atomic mass is 10.2. The predicted octanol–water partition coefficient (Wildman–Crippen LogP) is 2.93. The van der Waals surface area contributed by atoms with Gasteiger partial charge in [-0.2, -0.15) is 0 Å². The van der Waals surface area contributed by atoms with E-state index >= 15 is 0 Å². The van der Waals surface area contributed by atoms with E-state index in [-0.39, 0.29) is 5.97 Å². The number of nitrogens with zero attached hydrogens (tertiary/aromatic N) is 1. The van der Waals surface area contributed by atoms with Gasteiger partial charge in [0, 0.05) is 24.4 Å². The maximum absolute atomic E-state index is 12.0. The zero-order valence-corrected chi connectivity index (χ0v) is 12.4. The van der Waals surface area contributed by atoms with Crippen molar-refractivity contribution < 1.29 is 19.1 Å². The van der Waals surface area contributed by atoms with E-state index in [1.165, 1.54) is 10.6 Å². The van der Waals surface area contributed by atoms with Crippen molar-refractivity contribution in [1.29, 1.82) is 0 Å². The number of aromatic nitrogens is 1. The highest BCUT2D eigenvalue weighted by Gasteiger charge is 2.18. The highest BCUT2D eigenvalue weighted by Crippen LogP contribution is 2.12. The Morgan fingerprint density at radius 2 is 2.05 bits per heavy atom. The Morgan fingerprint density at radius 1 is 1.35 bits per heavy atom. The first kappa shape index (κ1) is 16.0. The van der Waals surface area contributed by atoms with E-state index in [9.17, 15) is 9.59 Å². The molecule has 20 heavy (non-hydrogen) atoms. The van der Waals surface area contributed by atoms with Crippen molar-refractivity contribution in [2.45, 2.75) is 39.7 Å². The number of carbonyl (C=O) groups is 2. The average Bonchev–Trinajstić information content (AvgIpc) is 2.75. The molecule has 0 fully saturated rings. The number of esters is 1. The third-order valence-electron chi connectivity index (χ3n) is 2.29. The minimum absolute atomic E-state index is 0.345. The molecular weight excluding hydrogens is 258 g/mol. The second-order valence-electron chi connectivity index (χ2n) is 5.21. The van der Waals surface area contributed by atoms with E-state index in [0.717, 1.165) is 5.69 Å². The molecule has 110 valence electrons. The Kier molecular flexibility index (Phi) is 5.55. The maximum atomic E-state index is 12.0. The van der Waals surface area contributed by atoms with Crippen LogP contribution in [-0.4, -0.2) is 28.8 Å². The molecule has 5 heteroatoms. The Hall–Kier alpha value is -2.04. The van der Waals surface area contributed by atoms with Gasteiger partial charge in [-0.3, -0.25) is 4.57 Å². The van der Waals surface area contributed by atoms with E-state index in [4.69, 9.17) is 9.47 Å². The second kappa shape index (κ2) is 6.93. The molecule has 0 saturated carbocycles. The van der Waals surface area contributed by atoms with Gasteiger partial charge in [0.25, 0.3) is 0 Å². The van der Waals surface area contributed by atoms with Crippen molar-refractivity contribution in [3.63, 3.8) is 0 Å². The first-order chi connectivity index (χ1) is 9.33. The van der Waals surface area contributed by atoms with Crippen LogP contribution in [0, 0.1) is 0 Å². The van der Waals surface area contributed by atoms with Crippen LogP contribution in [-0.2, 0) is 20.7 Å². The van der Waals surface area contributed by atoms with Gasteiger partial charge < -0.3 is 9.47 Å². The number of hydrogen-bond donors (Lipinski definition) is 0. The maximum Gasteiger partial charge on any atom is 0.418 e. The highest BCUT2D eigenvalue weighted by atomic mass is 16.6. The summed E-state index contributed by atoms with van der Waals surface area (Å²) in [5.74, 6) is -0.386. The van der Waals surface area contributed by atoms with Crippen LogP contribution in [0.25, 0.3) is 0 Å². The van der Waals surface area contributed by atoms with Crippen LogP contribution < -0.4 is 0 Å². The van der Waals surface area contributed by atoms with Gasteiger partial charge in [0.15, 0.2) is 0 Å². The third-order valence-corrected chi connectivity index (χ3v) is 2.29. The van der Waals surface area contributed by atoms with Crippen molar-refractivity contribution in [3.8, 4) is 0 Å². The molecule has 0 atom stereocenters. The molecule has 1 aromatic rings. The number of rotatable bonds is 4. The van der Waals surface area contributed by atoms with Crippen LogP contribution in [0.5, 0.6) is 0 Å². The number of allylic oxidation sites excluding steroid dienone is 1. The topological polar surface area (TPSA) is 57.5 Å². The van der Waals surface area contributed by atoms with Gasteiger partial charge in [-0.15, -0.1) is 0 Å². The van der Waals surface area contributed by atoms with Gasteiger partial charge in [0.2, 0.25) is 0 Å². The van der Waals surface area contributed by atoms with Crippen LogP contribution in [0.3, 0.4) is 0 Å². The fourth-order valence-electron chi connectivity index (χ4n) is 1.54. The number of ether oxygens (including phenoxy) is 2. The highest BCUT2D eigenvalue weighted by molar-refractivity contribution is 5.81. The van der Waals surface area contributed by atoms with Crippen LogP contribution in [0.4, 0.5) is 4.79 Å². The smallest absolute Gasteiger partial charge is 0.418 e. The summed E-state index contributed by atoms with van der Waals surface area (Å²) in [6.45, 7) is 7.54. The molecule has 0 unspecified atom stereocenters. The third kappa shape index (κ3) is 5.30. The van der Waals surface area contributed by atoms with Gasteiger partial charge in [0.1, 0.15) is 5.60 Å². The first-order valence-electron chi connectivity index (χ1n) is 6.56. The summed E-state index contributed by atoms with van der Waals surface area (Å²) < 4.78 is 11.5. The summed E-state index contributed by atoms with van der Waals surface area (Å²) >= 11 is 0. The zero-order chi connectivity index (χ0) is 15.2. The minimum Gasteiger partial charge on any atom is -0.463 e. The average molecular weight is 279 g/mol. The molecule has 0 aliphatic rings. The summed E-state index contributed by atoms with van der Waals surface area (Å²) in [6.07, 6.45) is 4.68. The normalized spacial score (nSPS) is 11.6. The summed E-state index contributed by atoms with van der Waals surface area (Å²) in [5, 5.41) is 0. The molecule has 1 heterocycles. The molecule has 0 radical (unpaired) electrons. The SMILES string of the molecule is CCOC(=O)/C=C/Cc1cccn1C(=O)OC(C)(C)C. The van der Waals surface area contributed by atoms with Crippen molar-refractivity contribution in [1.82, 2.24) is 4.57 Å². The Bertz CT molecular complexity index is 494. The summed E-state index contributed by atoms with van der Waals surface area (Å²) in [7, 11) is 0. The Morgan fingerprint density at radius 3 is 2.65 bits per heavy atom. The van der Waals surface area contributed by atoms with Crippen LogP contribution in [0.15, 0.2) is 30.5 Å². The lowest BCUT2D eigenvalue weighted by Gasteiger charge is -2.20. The molecule has 0 bridgehead atoms. The van der Waals surface area contributed by atoms with E-state index in [1.54, 1.807) is 31.3 Å². The standard InChI is InChI=1S/C15H21NO4/c1-5-19-13(17)10-6-8-12-9-7-11-16(12)14(18)20-15(2,3)4/h6-7,9-11H,5,8H2,1-4H3/b10-6+. The van der Waals surface area contributed by atoms with Gasteiger partial charge in [-0.1, -0.05) is 6.08 Å². The van der Waals surface area contributed by atoms with Crippen LogP contribution in [0.2, 0.25) is 0 Å².